The van der Waals surface area contributed by atoms with E-state index in [9.17, 15) is 4.79 Å². The summed E-state index contributed by atoms with van der Waals surface area (Å²) in [7, 11) is 1.64. The lowest BCUT2D eigenvalue weighted by Crippen LogP contribution is -2.04. The van der Waals surface area contributed by atoms with E-state index in [1.165, 1.54) is 11.8 Å². The fraction of sp³-hybridized carbons (Fsp3) is 0.200. The number of nitrogens with zero attached hydrogens (tertiary/aromatic N) is 2. The fourth-order valence-corrected chi connectivity index (χ4v) is 4.01. The number of thioether (sulfide) groups is 1. The molecule has 4 rings (SSSR count). The number of hydrogen-bond acceptors (Lipinski definition) is 6. The molecule has 0 unspecified atom stereocenters. The molecule has 0 atom stereocenters. The number of methoxy groups -OCH3 is 1. The summed E-state index contributed by atoms with van der Waals surface area (Å²) in [6, 6.07) is 11.4. The van der Waals surface area contributed by atoms with Crippen molar-refractivity contribution < 1.29 is 19.0 Å². The summed E-state index contributed by atoms with van der Waals surface area (Å²) in [4.78, 5) is 16.1. The van der Waals surface area contributed by atoms with E-state index >= 15 is 0 Å². The molecular weight excluding hydrogens is 400 g/mol. The Morgan fingerprint density at radius 1 is 1.25 bits per heavy atom. The van der Waals surface area contributed by atoms with Gasteiger partial charge in [-0.05, 0) is 29.3 Å². The van der Waals surface area contributed by atoms with Crippen LogP contribution in [-0.4, -0.2) is 29.7 Å². The molecule has 2 heterocycles. The lowest BCUT2D eigenvalue weighted by Gasteiger charge is -2.09. The van der Waals surface area contributed by atoms with Crippen LogP contribution < -0.4 is 14.2 Å². The zero-order valence-corrected chi connectivity index (χ0v) is 16.6. The Balaban J connectivity index is 1.50. The predicted octanol–water partition coefficient (Wildman–Crippen LogP) is 4.43. The van der Waals surface area contributed by atoms with Crippen molar-refractivity contribution >= 4 is 29.6 Å². The van der Waals surface area contributed by atoms with Crippen molar-refractivity contribution in [2.75, 3.05) is 13.9 Å². The number of aldehydes is 1. The second-order valence-electron chi connectivity index (χ2n) is 6.11. The smallest absolute Gasteiger partial charge is 0.231 e. The molecule has 0 amide bonds. The first-order valence-electron chi connectivity index (χ1n) is 8.52. The van der Waals surface area contributed by atoms with E-state index in [1.807, 2.05) is 30.3 Å². The molecule has 144 valence electrons. The average Bonchev–Trinajstić information content (AvgIpc) is 3.33. The summed E-state index contributed by atoms with van der Waals surface area (Å²) in [6.45, 7) is 0.603. The number of hydrogen-bond donors (Lipinski definition) is 0. The van der Waals surface area contributed by atoms with E-state index in [0.29, 0.717) is 39.5 Å². The molecule has 0 N–H and O–H groups in total. The Labute approximate surface area is 171 Å². The summed E-state index contributed by atoms with van der Waals surface area (Å²) in [5.74, 6) is 2.80. The minimum absolute atomic E-state index is 0.186. The van der Waals surface area contributed by atoms with Crippen LogP contribution in [0.2, 0.25) is 5.02 Å². The second-order valence-corrected chi connectivity index (χ2v) is 7.49. The van der Waals surface area contributed by atoms with E-state index < -0.39 is 0 Å². The highest BCUT2D eigenvalue weighted by Gasteiger charge is 2.18. The molecule has 1 aliphatic heterocycles. The number of carbonyl (C=O) groups is 1. The topological polar surface area (TPSA) is 62.6 Å². The van der Waals surface area contributed by atoms with Crippen LogP contribution in [0.25, 0.3) is 0 Å². The van der Waals surface area contributed by atoms with E-state index in [-0.39, 0.29) is 6.79 Å². The van der Waals surface area contributed by atoms with Gasteiger partial charge in [0.1, 0.15) is 16.5 Å². The molecule has 28 heavy (non-hydrogen) atoms. The Morgan fingerprint density at radius 2 is 2.00 bits per heavy atom. The van der Waals surface area contributed by atoms with Crippen molar-refractivity contribution in [3.63, 3.8) is 0 Å². The maximum Gasteiger partial charge on any atom is 0.231 e. The van der Waals surface area contributed by atoms with Gasteiger partial charge in [0.25, 0.3) is 0 Å². The largest absolute Gasteiger partial charge is 0.497 e. The van der Waals surface area contributed by atoms with E-state index in [0.717, 1.165) is 23.2 Å². The molecule has 3 aromatic rings. The Hall–Kier alpha value is -2.64. The van der Waals surface area contributed by atoms with Crippen molar-refractivity contribution in [3.8, 4) is 17.2 Å². The Kier molecular flexibility index (Phi) is 5.45. The van der Waals surface area contributed by atoms with Gasteiger partial charge in [0.2, 0.25) is 6.79 Å². The van der Waals surface area contributed by atoms with Crippen LogP contribution >= 0.6 is 23.4 Å². The number of imidazole rings is 1. The number of fused-ring (bicyclic) bond motifs is 1. The number of aromatic nitrogens is 2. The second kappa shape index (κ2) is 8.16. The highest BCUT2D eigenvalue weighted by atomic mass is 35.5. The SMILES string of the molecule is COc1ccc(CSc2ncn(Cc3cc4c(cc3Cl)OCO4)c2C=O)cc1. The standard InChI is InChI=1S/C20H17ClN2O4S/c1-25-15-4-2-13(3-5-15)10-28-20-17(9-24)23(11-22-20)8-14-6-18-19(7-16(14)21)27-12-26-18/h2-7,9,11H,8,10,12H2,1H3. The molecule has 0 aliphatic carbocycles. The Morgan fingerprint density at radius 3 is 2.71 bits per heavy atom. The molecule has 0 saturated heterocycles. The first-order valence-corrected chi connectivity index (χ1v) is 9.88. The highest BCUT2D eigenvalue weighted by Crippen LogP contribution is 2.37. The molecule has 1 aromatic heterocycles. The van der Waals surface area contributed by atoms with Crippen LogP contribution in [0.4, 0.5) is 0 Å². The first-order chi connectivity index (χ1) is 13.7. The minimum Gasteiger partial charge on any atom is -0.497 e. The van der Waals surface area contributed by atoms with Crippen LogP contribution in [0.15, 0.2) is 47.8 Å². The monoisotopic (exact) mass is 416 g/mol. The maximum absolute atomic E-state index is 11.7. The number of rotatable bonds is 7. The predicted molar refractivity (Wildman–Crippen MR) is 107 cm³/mol. The van der Waals surface area contributed by atoms with Crippen LogP contribution in [-0.2, 0) is 12.3 Å². The van der Waals surface area contributed by atoms with Gasteiger partial charge < -0.3 is 18.8 Å². The maximum atomic E-state index is 11.7. The van der Waals surface area contributed by atoms with Gasteiger partial charge in [0.15, 0.2) is 17.8 Å². The average molecular weight is 417 g/mol. The molecule has 0 bridgehead atoms. The fourth-order valence-electron chi connectivity index (χ4n) is 2.87. The van der Waals surface area contributed by atoms with Gasteiger partial charge in [-0.3, -0.25) is 4.79 Å². The van der Waals surface area contributed by atoms with Crippen molar-refractivity contribution in [1.82, 2.24) is 9.55 Å². The molecule has 8 heteroatoms. The van der Waals surface area contributed by atoms with Gasteiger partial charge in [0.05, 0.1) is 20.0 Å². The van der Waals surface area contributed by atoms with Gasteiger partial charge >= 0.3 is 0 Å². The van der Waals surface area contributed by atoms with Crippen molar-refractivity contribution in [2.45, 2.75) is 17.3 Å². The molecule has 0 saturated carbocycles. The molecule has 0 spiro atoms. The summed E-state index contributed by atoms with van der Waals surface area (Å²) in [6.07, 6.45) is 2.48. The third-order valence-corrected chi connectivity index (χ3v) is 5.79. The summed E-state index contributed by atoms with van der Waals surface area (Å²) >= 11 is 7.87. The first kappa shape index (κ1) is 18.7. The number of halogens is 1. The van der Waals surface area contributed by atoms with Gasteiger partial charge in [-0.2, -0.15) is 0 Å². The third-order valence-electron chi connectivity index (χ3n) is 4.37. The van der Waals surface area contributed by atoms with Crippen molar-refractivity contribution in [2.24, 2.45) is 0 Å². The van der Waals surface area contributed by atoms with Gasteiger partial charge in [-0.1, -0.05) is 35.5 Å². The molecule has 1 aliphatic rings. The van der Waals surface area contributed by atoms with Gasteiger partial charge in [-0.15, -0.1) is 0 Å². The molecule has 0 fully saturated rings. The summed E-state index contributed by atoms with van der Waals surface area (Å²) in [5.41, 5.74) is 2.47. The van der Waals surface area contributed by atoms with Gasteiger partial charge in [-0.25, -0.2) is 4.98 Å². The number of ether oxygens (including phenoxy) is 3. The third kappa shape index (κ3) is 3.81. The van der Waals surface area contributed by atoms with E-state index in [4.69, 9.17) is 25.8 Å². The normalized spacial score (nSPS) is 12.2. The zero-order valence-electron chi connectivity index (χ0n) is 15.1. The number of carbonyl (C=O) groups excluding carboxylic acids is 1. The van der Waals surface area contributed by atoms with Crippen LogP contribution in [0, 0.1) is 0 Å². The van der Waals surface area contributed by atoms with Crippen LogP contribution in [0.5, 0.6) is 17.2 Å². The van der Waals surface area contributed by atoms with Crippen LogP contribution in [0.3, 0.4) is 0 Å². The minimum atomic E-state index is 0.186. The zero-order chi connectivity index (χ0) is 19.5. The van der Waals surface area contributed by atoms with E-state index in [1.54, 1.807) is 24.1 Å². The van der Waals surface area contributed by atoms with Crippen LogP contribution in [0.1, 0.15) is 21.6 Å². The molecule has 6 nitrogen and oxygen atoms in total. The highest BCUT2D eigenvalue weighted by molar-refractivity contribution is 7.98. The van der Waals surface area contributed by atoms with E-state index in [2.05, 4.69) is 4.98 Å². The molecule has 2 aromatic carbocycles. The lowest BCUT2D eigenvalue weighted by atomic mass is 10.2. The quantitative estimate of drug-likeness (QED) is 0.419. The Bertz CT molecular complexity index is 1000. The molecule has 0 radical (unpaired) electrons. The van der Waals surface area contributed by atoms with Crippen molar-refractivity contribution in [1.29, 1.82) is 0 Å². The lowest BCUT2D eigenvalue weighted by molar-refractivity contribution is 0.111. The summed E-state index contributed by atoms with van der Waals surface area (Å²) in [5, 5.41) is 1.24. The van der Waals surface area contributed by atoms with Crippen molar-refractivity contribution in [3.05, 3.63) is 64.6 Å². The summed E-state index contributed by atoms with van der Waals surface area (Å²) < 4.78 is 17.7. The number of benzene rings is 2. The van der Waals surface area contributed by atoms with Gasteiger partial charge in [0, 0.05) is 16.8 Å². The molecular formula is C20H17ClN2O4S.